The minimum absolute atomic E-state index is 0.0251. The predicted molar refractivity (Wildman–Crippen MR) is 131 cm³/mol. The molecule has 0 unspecified atom stereocenters. The van der Waals surface area contributed by atoms with Gasteiger partial charge in [-0.25, -0.2) is 9.37 Å². The first-order chi connectivity index (χ1) is 16.8. The van der Waals surface area contributed by atoms with Gasteiger partial charge in [0.05, 0.1) is 11.1 Å². The molecule has 8 nitrogen and oxygen atoms in total. The molecule has 1 fully saturated rings. The normalized spacial score (nSPS) is 15.7. The highest BCUT2D eigenvalue weighted by molar-refractivity contribution is 7.90. The van der Waals surface area contributed by atoms with E-state index in [1.165, 1.54) is 30.5 Å². The summed E-state index contributed by atoms with van der Waals surface area (Å²) in [7, 11) is -2.05. The number of anilines is 1. The molecule has 4 rings (SSSR count). The summed E-state index contributed by atoms with van der Waals surface area (Å²) in [6.45, 7) is 0.778. The van der Waals surface area contributed by atoms with Crippen LogP contribution in [0, 0.1) is 5.82 Å². The van der Waals surface area contributed by atoms with Crippen LogP contribution < -0.4 is 5.32 Å². The van der Waals surface area contributed by atoms with Gasteiger partial charge in [0.15, 0.2) is 11.7 Å². The van der Waals surface area contributed by atoms with E-state index < -0.39 is 10.0 Å². The van der Waals surface area contributed by atoms with Crippen LogP contribution in [-0.2, 0) is 21.2 Å². The van der Waals surface area contributed by atoms with Gasteiger partial charge < -0.3 is 14.6 Å². The topological polar surface area (TPSA) is 105 Å². The van der Waals surface area contributed by atoms with Crippen molar-refractivity contribution in [2.24, 2.45) is 4.40 Å². The molecule has 184 valence electrons. The van der Waals surface area contributed by atoms with Crippen molar-refractivity contribution < 1.29 is 22.0 Å². The Morgan fingerprint density at radius 3 is 2.77 bits per heavy atom. The fraction of sp³-hybridized carbons (Fsp3) is 0.320. The molecular formula is C25H27FN4O4S. The van der Waals surface area contributed by atoms with Crippen molar-refractivity contribution >= 4 is 27.5 Å². The standard InChI is InChI=1S/C25H27FN4O4S/c1-30-15-4-2-3-8-23(30)29-35(32,33)21-7-5-6-20(16-21)28-24(31)13-14-25-27-17-22(34-25)18-9-11-19(26)12-10-18/h5-7,9-12,16-17H,2-4,8,13-15H2,1H3,(H,28,31). The van der Waals surface area contributed by atoms with Crippen LogP contribution in [0.25, 0.3) is 11.3 Å². The zero-order valence-electron chi connectivity index (χ0n) is 19.4. The lowest BCUT2D eigenvalue weighted by molar-refractivity contribution is -0.116. The van der Waals surface area contributed by atoms with Crippen molar-refractivity contribution in [3.05, 3.63) is 66.4 Å². The summed E-state index contributed by atoms with van der Waals surface area (Å²) in [5.74, 6) is 0.767. The Kier molecular flexibility index (Phi) is 7.60. The molecule has 0 aliphatic carbocycles. The number of hydrogen-bond acceptors (Lipinski definition) is 5. The molecule has 35 heavy (non-hydrogen) atoms. The Hall–Kier alpha value is -3.53. The van der Waals surface area contributed by atoms with Crippen molar-refractivity contribution in [1.82, 2.24) is 9.88 Å². The summed E-state index contributed by atoms with van der Waals surface area (Å²) in [5.41, 5.74) is 1.05. The van der Waals surface area contributed by atoms with Gasteiger partial charge in [-0.3, -0.25) is 4.79 Å². The molecule has 2 heterocycles. The molecule has 1 aliphatic rings. The third kappa shape index (κ3) is 6.54. The van der Waals surface area contributed by atoms with Gasteiger partial charge in [0.1, 0.15) is 11.7 Å². The summed E-state index contributed by atoms with van der Waals surface area (Å²) in [6.07, 6.45) is 5.46. The highest BCUT2D eigenvalue weighted by atomic mass is 32.2. The molecule has 3 aromatic rings. The van der Waals surface area contributed by atoms with Crippen molar-refractivity contribution in [1.29, 1.82) is 0 Å². The van der Waals surface area contributed by atoms with Crippen LogP contribution >= 0.6 is 0 Å². The molecule has 10 heteroatoms. The number of carbonyl (C=O) groups is 1. The number of aryl methyl sites for hydroxylation is 1. The average molecular weight is 499 g/mol. The number of benzene rings is 2. The monoisotopic (exact) mass is 498 g/mol. The van der Waals surface area contributed by atoms with E-state index in [1.807, 2.05) is 11.9 Å². The van der Waals surface area contributed by atoms with Crippen molar-refractivity contribution in [3.8, 4) is 11.3 Å². The molecule has 0 radical (unpaired) electrons. The highest BCUT2D eigenvalue weighted by Gasteiger charge is 2.19. The van der Waals surface area contributed by atoms with Crippen LogP contribution in [0.15, 0.2) is 68.4 Å². The molecule has 0 atom stereocenters. The van der Waals surface area contributed by atoms with Crippen LogP contribution in [0.1, 0.15) is 38.0 Å². The Morgan fingerprint density at radius 1 is 1.17 bits per heavy atom. The Morgan fingerprint density at radius 2 is 1.97 bits per heavy atom. The number of sulfonamides is 1. The lowest BCUT2D eigenvalue weighted by Crippen LogP contribution is -2.26. The van der Waals surface area contributed by atoms with Gasteiger partial charge in [-0.05, 0) is 55.3 Å². The van der Waals surface area contributed by atoms with Gasteiger partial charge in [-0.1, -0.05) is 12.5 Å². The Labute approximate surface area is 203 Å². The van der Waals surface area contributed by atoms with Crippen LogP contribution in [0.5, 0.6) is 0 Å². The fourth-order valence-electron chi connectivity index (χ4n) is 3.79. The smallest absolute Gasteiger partial charge is 0.284 e. The molecule has 2 aromatic carbocycles. The molecule has 1 N–H and O–H groups in total. The summed E-state index contributed by atoms with van der Waals surface area (Å²) >= 11 is 0. The summed E-state index contributed by atoms with van der Waals surface area (Å²) < 4.78 is 48.6. The maximum Gasteiger partial charge on any atom is 0.284 e. The minimum atomic E-state index is -3.90. The lowest BCUT2D eigenvalue weighted by atomic mass is 10.2. The zero-order chi connectivity index (χ0) is 24.8. The van der Waals surface area contributed by atoms with Gasteiger partial charge >= 0.3 is 0 Å². The molecule has 1 aliphatic heterocycles. The number of halogens is 1. The number of amidine groups is 1. The van der Waals surface area contributed by atoms with E-state index in [4.69, 9.17) is 4.42 Å². The van der Waals surface area contributed by atoms with E-state index in [0.717, 1.165) is 25.8 Å². The first kappa shape index (κ1) is 24.6. The maximum atomic E-state index is 13.1. The van der Waals surface area contributed by atoms with Crippen molar-refractivity contribution in [3.63, 3.8) is 0 Å². The molecule has 0 spiro atoms. The summed E-state index contributed by atoms with van der Waals surface area (Å²) in [6, 6.07) is 11.9. The largest absolute Gasteiger partial charge is 0.441 e. The van der Waals surface area contributed by atoms with Crippen LogP contribution in [-0.4, -0.2) is 43.6 Å². The number of oxazole rings is 1. The van der Waals surface area contributed by atoms with E-state index in [-0.39, 0.29) is 29.5 Å². The quantitative estimate of drug-likeness (QED) is 0.509. The second-order valence-electron chi connectivity index (χ2n) is 8.42. The summed E-state index contributed by atoms with van der Waals surface area (Å²) in [4.78, 5) is 18.5. The van der Waals surface area contributed by atoms with Gasteiger partial charge in [0.25, 0.3) is 10.0 Å². The summed E-state index contributed by atoms with van der Waals surface area (Å²) in [5, 5.41) is 2.72. The number of rotatable bonds is 7. The van der Waals surface area contributed by atoms with Crippen molar-refractivity contribution in [2.45, 2.75) is 43.4 Å². The molecule has 0 saturated carbocycles. The Bertz CT molecular complexity index is 1320. The Balaban J connectivity index is 1.38. The van der Waals surface area contributed by atoms with Crippen LogP contribution in [0.2, 0.25) is 0 Å². The van der Waals surface area contributed by atoms with Gasteiger partial charge in [-0.15, -0.1) is 4.40 Å². The number of likely N-dealkylation sites (tertiary alicyclic amines) is 1. The third-order valence-electron chi connectivity index (χ3n) is 5.72. The number of nitrogens with zero attached hydrogens (tertiary/aromatic N) is 3. The fourth-order valence-corrected chi connectivity index (χ4v) is 4.93. The number of amides is 1. The number of carbonyl (C=O) groups excluding carboxylic acids is 1. The van der Waals surface area contributed by atoms with Gasteiger partial charge in [-0.2, -0.15) is 8.42 Å². The van der Waals surface area contributed by atoms with Crippen LogP contribution in [0.4, 0.5) is 10.1 Å². The van der Waals surface area contributed by atoms with E-state index >= 15 is 0 Å². The van der Waals surface area contributed by atoms with E-state index in [1.54, 1.807) is 24.3 Å². The van der Waals surface area contributed by atoms with Crippen molar-refractivity contribution in [2.75, 3.05) is 18.9 Å². The average Bonchev–Trinajstić information content (AvgIpc) is 3.22. The van der Waals surface area contributed by atoms with E-state index in [2.05, 4.69) is 14.7 Å². The van der Waals surface area contributed by atoms with Gasteiger partial charge in [0.2, 0.25) is 5.91 Å². The molecule has 1 saturated heterocycles. The molecule has 0 bridgehead atoms. The number of aromatic nitrogens is 1. The SMILES string of the molecule is CN1CCCCCC1=NS(=O)(=O)c1cccc(NC(=O)CCc2ncc(-c3ccc(F)cc3)o2)c1. The molecular weight excluding hydrogens is 471 g/mol. The number of hydrogen-bond donors (Lipinski definition) is 1. The van der Waals surface area contributed by atoms with E-state index in [9.17, 15) is 17.6 Å². The minimum Gasteiger partial charge on any atom is -0.441 e. The van der Waals surface area contributed by atoms with Crippen LogP contribution in [0.3, 0.4) is 0 Å². The first-order valence-electron chi connectivity index (χ1n) is 11.5. The van der Waals surface area contributed by atoms with Gasteiger partial charge in [0, 0.05) is 44.1 Å². The second kappa shape index (κ2) is 10.8. The third-order valence-corrected chi connectivity index (χ3v) is 7.02. The zero-order valence-corrected chi connectivity index (χ0v) is 20.2. The second-order valence-corrected chi connectivity index (χ2v) is 10.0. The predicted octanol–water partition coefficient (Wildman–Crippen LogP) is 4.65. The maximum absolute atomic E-state index is 13.1. The first-order valence-corrected chi connectivity index (χ1v) is 12.9. The number of nitrogens with one attached hydrogen (secondary N) is 1. The highest BCUT2D eigenvalue weighted by Crippen LogP contribution is 2.22. The lowest BCUT2D eigenvalue weighted by Gasteiger charge is -2.17. The molecule has 1 aromatic heterocycles. The molecule has 1 amide bonds. The van der Waals surface area contributed by atoms with E-state index in [0.29, 0.717) is 35.2 Å².